The summed E-state index contributed by atoms with van der Waals surface area (Å²) in [5.74, 6) is 0. The van der Waals surface area contributed by atoms with E-state index in [9.17, 15) is 0 Å². The predicted molar refractivity (Wildman–Crippen MR) is 78.0 cm³/mol. The molecule has 0 aliphatic carbocycles. The molecule has 0 atom stereocenters. The van der Waals surface area contributed by atoms with Crippen molar-refractivity contribution < 1.29 is 0 Å². The summed E-state index contributed by atoms with van der Waals surface area (Å²) in [6.07, 6.45) is 0. The first-order chi connectivity index (χ1) is 5.84. The van der Waals surface area contributed by atoms with E-state index < -0.39 is 19.4 Å². The Hall–Kier alpha value is 2.42. The van der Waals surface area contributed by atoms with Gasteiger partial charge in [-0.15, -0.1) is 77.6 Å². The van der Waals surface area contributed by atoms with Gasteiger partial charge in [0, 0.05) is 0 Å². The summed E-state index contributed by atoms with van der Waals surface area (Å²) in [5, 5.41) is 0. The summed E-state index contributed by atoms with van der Waals surface area (Å²) in [5.41, 5.74) is 1.57. The van der Waals surface area contributed by atoms with Gasteiger partial charge < -0.3 is 0 Å². The zero-order valence-corrected chi connectivity index (χ0v) is 15.5. The number of halogens is 7. The van der Waals surface area contributed by atoms with Crippen LogP contribution in [-0.4, -0.2) is 19.4 Å². The number of rotatable bonds is 3. The SMILES string of the molecule is C[Si](Cl)(Cl)/C=C(/[Si](C)(Cl)Cl)[Si](Cl)(Cl)Cl. The summed E-state index contributed by atoms with van der Waals surface area (Å²) in [4.78, 5) is 0.456. The van der Waals surface area contributed by atoms with Gasteiger partial charge in [0.25, 0.3) is 13.4 Å². The van der Waals surface area contributed by atoms with Crippen LogP contribution in [0.2, 0.25) is 13.1 Å². The van der Waals surface area contributed by atoms with Gasteiger partial charge in [-0.3, -0.25) is 0 Å². The fourth-order valence-corrected chi connectivity index (χ4v) is 21.1. The third-order valence-corrected chi connectivity index (χ3v) is 13.1. The molecule has 14 heavy (non-hydrogen) atoms. The summed E-state index contributed by atoms with van der Waals surface area (Å²) in [6, 6.07) is -3.09. The Labute approximate surface area is 119 Å². The summed E-state index contributed by atoms with van der Waals surface area (Å²) in [6.45, 7) is -1.86. The fraction of sp³-hybridized carbons (Fsp3) is 0.500. The van der Waals surface area contributed by atoms with Gasteiger partial charge in [-0.2, -0.15) is 0 Å². The lowest BCUT2D eigenvalue weighted by molar-refractivity contribution is 2.03. The second-order valence-electron chi connectivity index (χ2n) is 2.90. The van der Waals surface area contributed by atoms with E-state index in [2.05, 4.69) is 0 Å². The highest BCUT2D eigenvalue weighted by molar-refractivity contribution is 7.74. The van der Waals surface area contributed by atoms with Gasteiger partial charge in [-0.1, -0.05) is 5.70 Å². The van der Waals surface area contributed by atoms with Crippen LogP contribution in [0.25, 0.3) is 0 Å². The van der Waals surface area contributed by atoms with Crippen molar-refractivity contribution in [1.29, 1.82) is 0 Å². The quantitative estimate of drug-likeness (QED) is 0.456. The largest absolute Gasteiger partial charge is 0.366 e. The molecule has 0 aliphatic rings. The van der Waals surface area contributed by atoms with E-state index in [1.165, 1.54) is 0 Å². The van der Waals surface area contributed by atoms with Crippen molar-refractivity contribution in [3.8, 4) is 0 Å². The molecule has 0 N–H and O–H groups in total. The molecule has 10 heteroatoms. The molecule has 0 saturated heterocycles. The minimum Gasteiger partial charge on any atom is -0.141 e. The van der Waals surface area contributed by atoms with Crippen LogP contribution in [0.4, 0.5) is 0 Å². The average Bonchev–Trinajstić information content (AvgIpc) is 1.75. The molecule has 0 aromatic rings. The molecule has 84 valence electrons. The summed E-state index contributed by atoms with van der Waals surface area (Å²) >= 11 is 41.4. The molecular formula is C4H7Cl7Si3. The zero-order valence-electron chi connectivity index (χ0n) is 7.22. The Balaban J connectivity index is 5.26. The third-order valence-electron chi connectivity index (χ3n) is 1.18. The van der Waals surface area contributed by atoms with Gasteiger partial charge in [0.15, 0.2) is 0 Å². The van der Waals surface area contributed by atoms with Crippen molar-refractivity contribution in [2.75, 3.05) is 0 Å². The maximum Gasteiger partial charge on any atom is 0.366 e. The van der Waals surface area contributed by atoms with Gasteiger partial charge in [0.2, 0.25) is 0 Å². The highest BCUT2D eigenvalue weighted by Crippen LogP contribution is 2.40. The predicted octanol–water partition coefficient (Wildman–Crippen LogP) is 5.28. The molecule has 0 saturated carbocycles. The lowest BCUT2D eigenvalue weighted by Gasteiger charge is -2.22. The minimum atomic E-state index is -3.09. The smallest absolute Gasteiger partial charge is 0.141 e. The van der Waals surface area contributed by atoms with Crippen LogP contribution in [0, 0.1) is 0 Å². The normalized spacial score (nSPS) is 15.9. The molecule has 0 aromatic heterocycles. The van der Waals surface area contributed by atoms with E-state index in [1.807, 2.05) is 0 Å². The molecule has 0 rings (SSSR count). The molecule has 0 amide bonds. The highest BCUT2D eigenvalue weighted by Gasteiger charge is 2.44. The molecular weight excluding hydrogens is 380 g/mol. The monoisotopic (exact) mass is 384 g/mol. The van der Waals surface area contributed by atoms with E-state index in [0.717, 1.165) is 0 Å². The van der Waals surface area contributed by atoms with Gasteiger partial charge >= 0.3 is 6.00 Å². The van der Waals surface area contributed by atoms with Crippen LogP contribution >= 0.6 is 77.6 Å². The van der Waals surface area contributed by atoms with Crippen LogP contribution in [0.3, 0.4) is 0 Å². The van der Waals surface area contributed by atoms with Crippen molar-refractivity contribution in [2.24, 2.45) is 0 Å². The van der Waals surface area contributed by atoms with Crippen LogP contribution < -0.4 is 0 Å². The third kappa shape index (κ3) is 6.89. The van der Waals surface area contributed by atoms with Crippen LogP contribution in [-0.2, 0) is 0 Å². The second kappa shape index (κ2) is 5.38. The lowest BCUT2D eigenvalue weighted by atomic mass is 11.2. The Morgan fingerprint density at radius 3 is 1.29 bits per heavy atom. The molecule has 0 spiro atoms. The second-order valence-corrected chi connectivity index (χ2v) is 26.7. The minimum absolute atomic E-state index is 0.456. The van der Waals surface area contributed by atoms with E-state index in [4.69, 9.17) is 77.6 Å². The summed E-state index contributed by atoms with van der Waals surface area (Å²) in [7, 11) is 0. The molecule has 0 unspecified atom stereocenters. The van der Waals surface area contributed by atoms with Crippen molar-refractivity contribution in [2.45, 2.75) is 13.1 Å². The first-order valence-electron chi connectivity index (χ1n) is 3.40. The zero-order chi connectivity index (χ0) is 11.8. The number of hydrogen-bond donors (Lipinski definition) is 0. The van der Waals surface area contributed by atoms with Crippen molar-refractivity contribution in [3.63, 3.8) is 0 Å². The maximum absolute atomic E-state index is 6.01. The fourth-order valence-electron chi connectivity index (χ4n) is 0.711. The van der Waals surface area contributed by atoms with E-state index >= 15 is 0 Å². The Morgan fingerprint density at radius 2 is 1.21 bits per heavy atom. The Morgan fingerprint density at radius 1 is 0.857 bits per heavy atom. The maximum atomic E-state index is 6.01. The van der Waals surface area contributed by atoms with Crippen molar-refractivity contribution >= 4 is 96.9 Å². The van der Waals surface area contributed by atoms with Gasteiger partial charge in [-0.25, -0.2) is 0 Å². The van der Waals surface area contributed by atoms with Crippen LogP contribution in [0.1, 0.15) is 0 Å². The lowest BCUT2D eigenvalue weighted by Crippen LogP contribution is -2.34. The molecule has 0 heterocycles. The average molecular weight is 388 g/mol. The standard InChI is InChI=1S/C4H7Cl7Si3/c1-12(5,6)3-4(13(2,7)8)14(9,10)11/h3H,1-2H3/b4-3-. The van der Waals surface area contributed by atoms with Crippen molar-refractivity contribution in [3.05, 3.63) is 10.5 Å². The highest BCUT2D eigenvalue weighted by atomic mass is 35.8. The molecule has 0 bridgehead atoms. The molecule has 0 aliphatic heterocycles. The molecule has 0 nitrogen and oxygen atoms in total. The summed E-state index contributed by atoms with van der Waals surface area (Å²) < 4.78 is 0. The van der Waals surface area contributed by atoms with E-state index in [-0.39, 0.29) is 0 Å². The van der Waals surface area contributed by atoms with E-state index in [0.29, 0.717) is 4.82 Å². The number of hydrogen-bond acceptors (Lipinski definition) is 0. The van der Waals surface area contributed by atoms with Gasteiger partial charge in [0.05, 0.1) is 0 Å². The first kappa shape index (κ1) is 16.4. The van der Waals surface area contributed by atoms with Gasteiger partial charge in [-0.05, 0) is 17.9 Å². The van der Waals surface area contributed by atoms with E-state index in [1.54, 1.807) is 18.8 Å². The molecule has 0 fully saturated rings. The van der Waals surface area contributed by atoms with Crippen molar-refractivity contribution in [1.82, 2.24) is 0 Å². The topological polar surface area (TPSA) is 0 Å². The molecule has 0 aromatic carbocycles. The Bertz CT molecular complexity index is 215. The Kier molecular flexibility index (Phi) is 6.31. The van der Waals surface area contributed by atoms with Gasteiger partial charge in [0.1, 0.15) is 0 Å². The van der Waals surface area contributed by atoms with Crippen LogP contribution in [0.15, 0.2) is 10.5 Å². The first-order valence-corrected chi connectivity index (χ1v) is 17.6. The molecule has 0 radical (unpaired) electrons. The van der Waals surface area contributed by atoms with Crippen LogP contribution in [0.5, 0.6) is 0 Å².